The summed E-state index contributed by atoms with van der Waals surface area (Å²) in [7, 11) is 0. The number of aryl methyl sites for hydroxylation is 2. The van der Waals surface area contributed by atoms with Gasteiger partial charge in [-0.25, -0.2) is 0 Å². The minimum absolute atomic E-state index is 0.225. The van der Waals surface area contributed by atoms with Crippen LogP contribution in [0.15, 0.2) is 18.2 Å². The Labute approximate surface area is 107 Å². The monoisotopic (exact) mass is 233 g/mol. The van der Waals surface area contributed by atoms with Crippen molar-refractivity contribution < 1.29 is 0 Å². The Morgan fingerprint density at radius 1 is 1.12 bits per heavy atom. The first-order chi connectivity index (χ1) is 7.79. The molecule has 0 radical (unpaired) electrons. The number of hydrogen-bond donors (Lipinski definition) is 1. The lowest BCUT2D eigenvalue weighted by molar-refractivity contribution is 0.413. The lowest BCUT2D eigenvalue weighted by Gasteiger charge is -2.22. The van der Waals surface area contributed by atoms with E-state index < -0.39 is 0 Å². The first-order valence-electron chi connectivity index (χ1n) is 6.62. The highest BCUT2D eigenvalue weighted by atomic mass is 14.9. The maximum atomic E-state index is 3.55. The molecule has 0 aliphatic rings. The maximum Gasteiger partial charge on any atom is 0.00965 e. The summed E-state index contributed by atoms with van der Waals surface area (Å²) in [5, 5.41) is 3.55. The van der Waals surface area contributed by atoms with Crippen LogP contribution in [0.1, 0.15) is 56.7 Å². The molecule has 96 valence electrons. The average molecular weight is 233 g/mol. The van der Waals surface area contributed by atoms with E-state index in [1.807, 2.05) is 0 Å². The van der Waals surface area contributed by atoms with Gasteiger partial charge in [0.05, 0.1) is 0 Å². The molecule has 0 saturated heterocycles. The number of hydrogen-bond acceptors (Lipinski definition) is 1. The van der Waals surface area contributed by atoms with Crippen molar-refractivity contribution in [1.82, 2.24) is 5.32 Å². The lowest BCUT2D eigenvalue weighted by Crippen LogP contribution is -2.36. The second-order valence-electron chi connectivity index (χ2n) is 6.21. The molecule has 0 aromatic heterocycles. The highest BCUT2D eigenvalue weighted by Gasteiger charge is 2.10. The predicted octanol–water partition coefficient (Wildman–Crippen LogP) is 4.19. The second kappa shape index (κ2) is 5.68. The summed E-state index contributed by atoms with van der Waals surface area (Å²) < 4.78 is 0. The van der Waals surface area contributed by atoms with Gasteiger partial charge in [0, 0.05) is 5.54 Å². The lowest BCUT2D eigenvalue weighted by atomic mass is 9.94. The number of rotatable bonds is 4. The van der Waals surface area contributed by atoms with E-state index in [1.54, 1.807) is 0 Å². The molecule has 1 atom stereocenters. The summed E-state index contributed by atoms with van der Waals surface area (Å²) in [6.45, 7) is 14.4. The van der Waals surface area contributed by atoms with Gasteiger partial charge in [0.2, 0.25) is 0 Å². The fourth-order valence-corrected chi connectivity index (χ4v) is 1.90. The molecule has 0 heterocycles. The van der Waals surface area contributed by atoms with Crippen LogP contribution in [0.2, 0.25) is 0 Å². The number of benzene rings is 1. The molecule has 1 aromatic rings. The highest BCUT2D eigenvalue weighted by Crippen LogP contribution is 2.21. The van der Waals surface area contributed by atoms with Crippen LogP contribution in [-0.2, 0) is 0 Å². The zero-order chi connectivity index (χ0) is 13.1. The van der Waals surface area contributed by atoms with E-state index in [1.165, 1.54) is 23.1 Å². The summed E-state index contributed by atoms with van der Waals surface area (Å²) in [6.07, 6.45) is 1.19. The molecular formula is C16H27N. The van der Waals surface area contributed by atoms with Crippen molar-refractivity contribution in [2.24, 2.45) is 0 Å². The van der Waals surface area contributed by atoms with E-state index in [0.717, 1.165) is 6.54 Å². The Morgan fingerprint density at radius 3 is 2.29 bits per heavy atom. The van der Waals surface area contributed by atoms with Gasteiger partial charge in [-0.3, -0.25) is 0 Å². The molecule has 0 aliphatic heterocycles. The van der Waals surface area contributed by atoms with Gasteiger partial charge < -0.3 is 5.32 Å². The van der Waals surface area contributed by atoms with Gasteiger partial charge in [0.25, 0.3) is 0 Å². The van der Waals surface area contributed by atoms with Gasteiger partial charge in [0.15, 0.2) is 0 Å². The van der Waals surface area contributed by atoms with Crippen molar-refractivity contribution in [3.8, 4) is 0 Å². The van der Waals surface area contributed by atoms with Crippen molar-refractivity contribution in [3.63, 3.8) is 0 Å². The summed E-state index contributed by atoms with van der Waals surface area (Å²) >= 11 is 0. The molecule has 0 bridgehead atoms. The Balaban J connectivity index is 2.52. The van der Waals surface area contributed by atoms with Crippen LogP contribution in [-0.4, -0.2) is 12.1 Å². The van der Waals surface area contributed by atoms with Gasteiger partial charge in [-0.2, -0.15) is 0 Å². The van der Waals surface area contributed by atoms with E-state index in [-0.39, 0.29) is 5.54 Å². The van der Waals surface area contributed by atoms with E-state index >= 15 is 0 Å². The number of nitrogens with one attached hydrogen (secondary N) is 1. The summed E-state index contributed by atoms with van der Waals surface area (Å²) in [6, 6.07) is 6.83. The molecule has 1 unspecified atom stereocenters. The van der Waals surface area contributed by atoms with Gasteiger partial charge in [-0.1, -0.05) is 25.1 Å². The highest BCUT2D eigenvalue weighted by molar-refractivity contribution is 5.31. The first-order valence-corrected chi connectivity index (χ1v) is 6.62. The van der Waals surface area contributed by atoms with Crippen LogP contribution in [0.5, 0.6) is 0 Å². The zero-order valence-corrected chi connectivity index (χ0v) is 12.2. The minimum atomic E-state index is 0.225. The van der Waals surface area contributed by atoms with Gasteiger partial charge in [-0.15, -0.1) is 0 Å². The van der Waals surface area contributed by atoms with Crippen molar-refractivity contribution in [2.75, 3.05) is 6.54 Å². The second-order valence-corrected chi connectivity index (χ2v) is 6.21. The fraction of sp³-hybridized carbons (Fsp3) is 0.625. The quantitative estimate of drug-likeness (QED) is 0.822. The van der Waals surface area contributed by atoms with Crippen molar-refractivity contribution in [2.45, 2.75) is 59.4 Å². The SMILES string of the molecule is Cc1ccc(C(C)CCNC(C)(C)C)cc1C. The zero-order valence-electron chi connectivity index (χ0n) is 12.2. The van der Waals surface area contributed by atoms with Crippen LogP contribution in [0.25, 0.3) is 0 Å². The molecule has 1 nitrogen and oxygen atoms in total. The predicted molar refractivity (Wildman–Crippen MR) is 76.7 cm³/mol. The van der Waals surface area contributed by atoms with E-state index in [2.05, 4.69) is 65.1 Å². The molecule has 1 N–H and O–H groups in total. The van der Waals surface area contributed by atoms with Crippen molar-refractivity contribution >= 4 is 0 Å². The van der Waals surface area contributed by atoms with E-state index in [0.29, 0.717) is 5.92 Å². The molecule has 0 aliphatic carbocycles. The van der Waals surface area contributed by atoms with Gasteiger partial charge in [0.1, 0.15) is 0 Å². The van der Waals surface area contributed by atoms with Crippen LogP contribution in [0.3, 0.4) is 0 Å². The minimum Gasteiger partial charge on any atom is -0.312 e. The van der Waals surface area contributed by atoms with Crippen molar-refractivity contribution in [1.29, 1.82) is 0 Å². The van der Waals surface area contributed by atoms with Gasteiger partial charge in [-0.05, 0) is 70.2 Å². The normalized spacial score (nSPS) is 13.8. The summed E-state index contributed by atoms with van der Waals surface area (Å²) in [4.78, 5) is 0. The van der Waals surface area contributed by atoms with Crippen LogP contribution >= 0.6 is 0 Å². The Kier molecular flexibility index (Phi) is 4.76. The molecule has 1 heteroatoms. The van der Waals surface area contributed by atoms with Crippen LogP contribution in [0.4, 0.5) is 0 Å². The molecule has 1 aromatic carbocycles. The van der Waals surface area contributed by atoms with Gasteiger partial charge >= 0.3 is 0 Å². The van der Waals surface area contributed by atoms with Crippen LogP contribution in [0, 0.1) is 13.8 Å². The van der Waals surface area contributed by atoms with E-state index in [9.17, 15) is 0 Å². The van der Waals surface area contributed by atoms with Crippen LogP contribution < -0.4 is 5.32 Å². The molecule has 1 rings (SSSR count). The summed E-state index contributed by atoms with van der Waals surface area (Å²) in [5.41, 5.74) is 4.47. The Bertz CT molecular complexity index is 360. The molecular weight excluding hydrogens is 206 g/mol. The standard InChI is InChI=1S/C16H27N/c1-12-7-8-15(11-14(12)3)13(2)9-10-17-16(4,5)6/h7-8,11,13,17H,9-10H2,1-6H3. The fourth-order valence-electron chi connectivity index (χ4n) is 1.90. The first kappa shape index (κ1) is 14.2. The molecule has 0 saturated carbocycles. The Hall–Kier alpha value is -0.820. The molecule has 0 fully saturated rings. The third-order valence-corrected chi connectivity index (χ3v) is 3.33. The Morgan fingerprint density at radius 2 is 1.76 bits per heavy atom. The smallest absolute Gasteiger partial charge is 0.00965 e. The average Bonchev–Trinajstić information content (AvgIpc) is 2.20. The third-order valence-electron chi connectivity index (χ3n) is 3.33. The molecule has 0 spiro atoms. The third kappa shape index (κ3) is 4.91. The maximum absolute atomic E-state index is 3.55. The molecule has 0 amide bonds. The summed E-state index contributed by atoms with van der Waals surface area (Å²) in [5.74, 6) is 0.629. The largest absolute Gasteiger partial charge is 0.312 e. The topological polar surface area (TPSA) is 12.0 Å². The van der Waals surface area contributed by atoms with E-state index in [4.69, 9.17) is 0 Å². The van der Waals surface area contributed by atoms with Crippen molar-refractivity contribution in [3.05, 3.63) is 34.9 Å². The molecule has 17 heavy (non-hydrogen) atoms.